The topological polar surface area (TPSA) is 64.7 Å². The van der Waals surface area contributed by atoms with Gasteiger partial charge in [-0.1, -0.05) is 135 Å². The normalized spacial score (nSPS) is 13.0. The van der Waals surface area contributed by atoms with Crippen LogP contribution in [0.2, 0.25) is 0 Å². The largest absolute Gasteiger partial charge is 0.455 e. The average Bonchev–Trinajstić information content (AvgIpc) is 3.70. The second kappa shape index (κ2) is 11.7. The molecule has 0 spiro atoms. The zero-order chi connectivity index (χ0) is 34.8. The van der Waals surface area contributed by atoms with Gasteiger partial charge < -0.3 is 4.42 Å². The molecule has 0 amide bonds. The summed E-state index contributed by atoms with van der Waals surface area (Å²) >= 11 is 0. The summed E-state index contributed by atoms with van der Waals surface area (Å²) in [5.41, 5.74) is 13.9. The van der Waals surface area contributed by atoms with Crippen LogP contribution in [0.4, 0.5) is 0 Å². The van der Waals surface area contributed by atoms with Crippen LogP contribution in [-0.4, -0.2) is 19.9 Å². The third kappa shape index (κ3) is 4.85. The lowest BCUT2D eigenvalue weighted by molar-refractivity contribution is 0.653. The zero-order valence-corrected chi connectivity index (χ0v) is 28.7. The number of para-hydroxylation sites is 1. The number of hydrogen-bond acceptors (Lipinski definition) is 5. The first-order valence-electron chi connectivity index (χ1n) is 17.5. The summed E-state index contributed by atoms with van der Waals surface area (Å²) in [6.45, 7) is 4.61. The van der Waals surface area contributed by atoms with Gasteiger partial charge in [-0.2, -0.15) is 0 Å². The van der Waals surface area contributed by atoms with Crippen molar-refractivity contribution in [1.82, 2.24) is 19.9 Å². The van der Waals surface area contributed by atoms with Gasteiger partial charge >= 0.3 is 0 Å². The number of aromatic nitrogens is 4. The highest BCUT2D eigenvalue weighted by molar-refractivity contribution is 6.12. The fourth-order valence-corrected chi connectivity index (χ4v) is 7.73. The number of rotatable bonds is 5. The van der Waals surface area contributed by atoms with Crippen LogP contribution in [-0.2, 0) is 5.41 Å². The minimum absolute atomic E-state index is 0.149. The van der Waals surface area contributed by atoms with Crippen LogP contribution in [0.25, 0.3) is 89.5 Å². The molecule has 9 aromatic rings. The minimum Gasteiger partial charge on any atom is -0.455 e. The maximum atomic E-state index is 6.57. The Bertz CT molecular complexity index is 2800. The lowest BCUT2D eigenvalue weighted by Crippen LogP contribution is -2.14. The summed E-state index contributed by atoms with van der Waals surface area (Å²) in [4.78, 5) is 19.3. The van der Waals surface area contributed by atoms with Gasteiger partial charge in [-0.15, -0.1) is 0 Å². The van der Waals surface area contributed by atoms with E-state index in [4.69, 9.17) is 19.4 Å². The van der Waals surface area contributed by atoms with Gasteiger partial charge in [0.25, 0.3) is 0 Å². The molecule has 0 unspecified atom stereocenters. The molecule has 5 heteroatoms. The summed E-state index contributed by atoms with van der Waals surface area (Å²) in [5, 5.41) is 2.29. The Morgan fingerprint density at radius 3 is 1.87 bits per heavy atom. The lowest BCUT2D eigenvalue weighted by atomic mass is 9.82. The van der Waals surface area contributed by atoms with E-state index in [2.05, 4.69) is 122 Å². The van der Waals surface area contributed by atoms with Crippen LogP contribution in [0, 0.1) is 0 Å². The van der Waals surface area contributed by atoms with E-state index in [-0.39, 0.29) is 5.41 Å². The number of fused-ring (bicyclic) bond motifs is 7. The quantitative estimate of drug-likeness (QED) is 0.183. The van der Waals surface area contributed by atoms with E-state index in [0.29, 0.717) is 17.5 Å². The monoisotopic (exact) mass is 668 g/mol. The molecule has 3 heterocycles. The molecule has 0 saturated heterocycles. The third-order valence-corrected chi connectivity index (χ3v) is 10.4. The molecule has 0 bridgehead atoms. The fourth-order valence-electron chi connectivity index (χ4n) is 7.73. The molecule has 1 aliphatic carbocycles. The Hall–Kier alpha value is -6.72. The summed E-state index contributed by atoms with van der Waals surface area (Å²) in [7, 11) is 0. The molecule has 52 heavy (non-hydrogen) atoms. The van der Waals surface area contributed by atoms with Crippen LogP contribution in [0.15, 0.2) is 162 Å². The zero-order valence-electron chi connectivity index (χ0n) is 28.7. The first-order valence-corrected chi connectivity index (χ1v) is 17.5. The molecule has 0 fully saturated rings. The van der Waals surface area contributed by atoms with Crippen LogP contribution in [0.1, 0.15) is 25.0 Å². The third-order valence-electron chi connectivity index (χ3n) is 10.4. The van der Waals surface area contributed by atoms with Crippen molar-refractivity contribution in [1.29, 1.82) is 0 Å². The standard InChI is InChI=1S/C47H32N4O/c1-47(2)39-23-21-33(27-38(39)42-40(47)24-22-37-36-15-6-7-16-41(36)52-43(37)42)32-12-8-13-34(26-32)46-50-44(30-10-4-3-5-11-30)49-45(51-46)31-19-17-29(18-20-31)35-14-9-25-48-28-35/h3-28H,1-2H3. The molecule has 10 rings (SSSR count). The summed E-state index contributed by atoms with van der Waals surface area (Å²) in [5.74, 6) is 1.88. The predicted octanol–water partition coefficient (Wildman–Crippen LogP) is 11.8. The predicted molar refractivity (Wildman–Crippen MR) is 210 cm³/mol. The maximum absolute atomic E-state index is 6.57. The van der Waals surface area contributed by atoms with Crippen LogP contribution in [0.5, 0.6) is 0 Å². The number of pyridine rings is 1. The molecule has 3 aromatic heterocycles. The van der Waals surface area contributed by atoms with E-state index in [9.17, 15) is 0 Å². The van der Waals surface area contributed by atoms with Crippen molar-refractivity contribution in [2.75, 3.05) is 0 Å². The molecule has 0 radical (unpaired) electrons. The number of benzene rings is 6. The van der Waals surface area contributed by atoms with Crippen molar-refractivity contribution < 1.29 is 4.42 Å². The fraction of sp³-hybridized carbons (Fsp3) is 0.0638. The Morgan fingerprint density at radius 2 is 1.08 bits per heavy atom. The molecular formula is C47H32N4O. The summed E-state index contributed by atoms with van der Waals surface area (Å²) < 4.78 is 6.57. The smallest absolute Gasteiger partial charge is 0.164 e. The molecule has 0 saturated carbocycles. The average molecular weight is 669 g/mol. The van der Waals surface area contributed by atoms with Crippen molar-refractivity contribution >= 4 is 21.9 Å². The van der Waals surface area contributed by atoms with Gasteiger partial charge in [0.15, 0.2) is 17.5 Å². The van der Waals surface area contributed by atoms with Crippen molar-refractivity contribution in [3.8, 4) is 67.5 Å². The minimum atomic E-state index is -0.149. The van der Waals surface area contributed by atoms with E-state index in [1.165, 1.54) is 22.3 Å². The summed E-state index contributed by atoms with van der Waals surface area (Å²) in [6, 6.07) is 50.6. The van der Waals surface area contributed by atoms with Crippen LogP contribution >= 0.6 is 0 Å². The van der Waals surface area contributed by atoms with Gasteiger partial charge in [0.05, 0.1) is 0 Å². The highest BCUT2D eigenvalue weighted by Gasteiger charge is 2.38. The van der Waals surface area contributed by atoms with E-state index < -0.39 is 0 Å². The molecule has 0 aliphatic heterocycles. The van der Waals surface area contributed by atoms with Gasteiger partial charge in [-0.05, 0) is 63.2 Å². The van der Waals surface area contributed by atoms with Gasteiger partial charge in [-0.3, -0.25) is 4.98 Å². The van der Waals surface area contributed by atoms with Gasteiger partial charge in [0.2, 0.25) is 0 Å². The van der Waals surface area contributed by atoms with Crippen molar-refractivity contribution in [3.63, 3.8) is 0 Å². The number of furan rings is 1. The van der Waals surface area contributed by atoms with E-state index in [1.807, 2.05) is 48.7 Å². The van der Waals surface area contributed by atoms with Crippen LogP contribution < -0.4 is 0 Å². The molecule has 1 aliphatic rings. The Balaban J connectivity index is 1.08. The second-order valence-corrected chi connectivity index (χ2v) is 13.9. The highest BCUT2D eigenvalue weighted by Crippen LogP contribution is 2.53. The van der Waals surface area contributed by atoms with Gasteiger partial charge in [-0.25, -0.2) is 15.0 Å². The summed E-state index contributed by atoms with van der Waals surface area (Å²) in [6.07, 6.45) is 3.66. The molecule has 0 atom stereocenters. The van der Waals surface area contributed by atoms with E-state index in [1.54, 1.807) is 6.20 Å². The Kier molecular flexibility index (Phi) is 6.77. The van der Waals surface area contributed by atoms with Crippen molar-refractivity contribution in [2.45, 2.75) is 19.3 Å². The lowest BCUT2D eigenvalue weighted by Gasteiger charge is -2.21. The SMILES string of the molecule is CC1(C)c2ccc(-c3cccc(-c4nc(-c5ccccc5)nc(-c5ccc(-c6cccnc6)cc5)n4)c3)cc2-c2c1ccc1c2oc2ccccc21. The highest BCUT2D eigenvalue weighted by atomic mass is 16.3. The van der Waals surface area contributed by atoms with Crippen LogP contribution in [0.3, 0.4) is 0 Å². The molecule has 246 valence electrons. The maximum Gasteiger partial charge on any atom is 0.164 e. The second-order valence-electron chi connectivity index (χ2n) is 13.9. The number of hydrogen-bond donors (Lipinski definition) is 0. The van der Waals surface area contributed by atoms with Crippen molar-refractivity contribution in [3.05, 3.63) is 169 Å². The number of nitrogens with zero attached hydrogens (tertiary/aromatic N) is 4. The van der Waals surface area contributed by atoms with Crippen molar-refractivity contribution in [2.24, 2.45) is 0 Å². The molecule has 0 N–H and O–H groups in total. The molecular weight excluding hydrogens is 637 g/mol. The van der Waals surface area contributed by atoms with E-state index >= 15 is 0 Å². The van der Waals surface area contributed by atoms with E-state index in [0.717, 1.165) is 60.9 Å². The molecule has 5 nitrogen and oxygen atoms in total. The Morgan fingerprint density at radius 1 is 0.462 bits per heavy atom. The Labute approximate surface area is 301 Å². The van der Waals surface area contributed by atoms with Gasteiger partial charge in [0.1, 0.15) is 11.2 Å². The first kappa shape index (κ1) is 30.1. The molecule has 6 aromatic carbocycles. The first-order chi connectivity index (χ1) is 25.5. The van der Waals surface area contributed by atoms with Gasteiger partial charge in [0, 0.05) is 50.8 Å².